The van der Waals surface area contributed by atoms with Crippen molar-refractivity contribution in [1.29, 1.82) is 0 Å². The molecule has 1 fully saturated rings. The third-order valence-corrected chi connectivity index (χ3v) is 4.79. The zero-order valence-corrected chi connectivity index (χ0v) is 15.8. The Morgan fingerprint density at radius 1 is 1.31 bits per heavy atom. The highest BCUT2D eigenvalue weighted by Gasteiger charge is 2.20. The number of aromatic nitrogens is 3. The van der Waals surface area contributed by atoms with Crippen LogP contribution in [0.3, 0.4) is 0 Å². The summed E-state index contributed by atoms with van der Waals surface area (Å²) in [5.41, 5.74) is 0.881. The van der Waals surface area contributed by atoms with Crippen molar-refractivity contribution in [2.75, 3.05) is 38.1 Å². The van der Waals surface area contributed by atoms with Crippen molar-refractivity contribution in [3.05, 3.63) is 24.2 Å². The van der Waals surface area contributed by atoms with Crippen molar-refractivity contribution in [2.45, 2.75) is 33.4 Å². The predicted molar refractivity (Wildman–Crippen MR) is 98.6 cm³/mol. The largest absolute Gasteiger partial charge is 0.353 e. The van der Waals surface area contributed by atoms with Gasteiger partial charge in [-0.15, -0.1) is 0 Å². The van der Waals surface area contributed by atoms with Crippen LogP contribution in [0.25, 0.3) is 11.4 Å². The summed E-state index contributed by atoms with van der Waals surface area (Å²) in [7, 11) is 2.03. The molecule has 0 atom stereocenters. The maximum Gasteiger partial charge on any atom is 0.241 e. The first-order valence-corrected chi connectivity index (χ1v) is 8.93. The summed E-state index contributed by atoms with van der Waals surface area (Å²) >= 11 is 0. The van der Waals surface area contributed by atoms with E-state index in [0.29, 0.717) is 24.3 Å². The van der Waals surface area contributed by atoms with Crippen LogP contribution < -0.4 is 4.90 Å². The number of piperazine rings is 1. The van der Waals surface area contributed by atoms with Crippen molar-refractivity contribution < 1.29 is 9.32 Å². The summed E-state index contributed by atoms with van der Waals surface area (Å²) in [5, 5.41) is 4.11. The average molecular weight is 358 g/mol. The zero-order chi connectivity index (χ0) is 18.7. The molecule has 0 unspecified atom stereocenters. The van der Waals surface area contributed by atoms with Crippen LogP contribution in [0.2, 0.25) is 0 Å². The summed E-state index contributed by atoms with van der Waals surface area (Å²) in [4.78, 5) is 26.6. The zero-order valence-electron chi connectivity index (χ0n) is 15.8. The van der Waals surface area contributed by atoms with Crippen molar-refractivity contribution in [2.24, 2.45) is 0 Å². The lowest BCUT2D eigenvalue weighted by atomic mass is 10.2. The summed E-state index contributed by atoms with van der Waals surface area (Å²) in [6, 6.07) is 4.27. The van der Waals surface area contributed by atoms with E-state index >= 15 is 0 Å². The Balaban J connectivity index is 1.70. The number of hydrogen-bond acceptors (Lipinski definition) is 7. The van der Waals surface area contributed by atoms with Gasteiger partial charge in [-0.25, -0.2) is 4.98 Å². The minimum absolute atomic E-state index is 0.122. The molecule has 8 nitrogen and oxygen atoms in total. The fourth-order valence-electron chi connectivity index (χ4n) is 2.81. The standard InChI is InChI=1S/C18H26N6O2/c1-13(2)22(4)12-17-20-18(21-26-17)15-5-6-19-16(11-15)24-9-7-23(8-10-24)14(3)25/h5-6,11,13H,7-10,12H2,1-4H3. The Morgan fingerprint density at radius 2 is 2.04 bits per heavy atom. The second-order valence-corrected chi connectivity index (χ2v) is 6.92. The molecule has 3 rings (SSSR count). The van der Waals surface area contributed by atoms with E-state index in [9.17, 15) is 4.79 Å². The van der Waals surface area contributed by atoms with Crippen LogP contribution in [0.5, 0.6) is 0 Å². The van der Waals surface area contributed by atoms with Crippen molar-refractivity contribution in [3.8, 4) is 11.4 Å². The lowest BCUT2D eigenvalue weighted by Gasteiger charge is -2.34. The van der Waals surface area contributed by atoms with Crippen molar-refractivity contribution in [3.63, 3.8) is 0 Å². The number of carbonyl (C=O) groups excluding carboxylic acids is 1. The Kier molecular flexibility index (Phi) is 5.51. The van der Waals surface area contributed by atoms with Crippen LogP contribution in [-0.2, 0) is 11.3 Å². The SMILES string of the molecule is CC(=O)N1CCN(c2cc(-c3noc(CN(C)C(C)C)n3)ccn2)CC1. The van der Waals surface area contributed by atoms with E-state index in [1.165, 1.54) is 0 Å². The Hall–Kier alpha value is -2.48. The van der Waals surface area contributed by atoms with Gasteiger partial charge in [-0.1, -0.05) is 5.16 Å². The van der Waals surface area contributed by atoms with Gasteiger partial charge in [0.25, 0.3) is 0 Å². The maximum absolute atomic E-state index is 11.5. The molecule has 140 valence electrons. The lowest BCUT2D eigenvalue weighted by molar-refractivity contribution is -0.129. The van der Waals surface area contributed by atoms with Crippen molar-refractivity contribution >= 4 is 11.7 Å². The Labute approximate surface area is 153 Å². The third kappa shape index (κ3) is 4.19. The Morgan fingerprint density at radius 3 is 2.69 bits per heavy atom. The molecule has 2 aromatic rings. The van der Waals surface area contributed by atoms with Gasteiger partial charge in [0.05, 0.1) is 6.54 Å². The molecular weight excluding hydrogens is 332 g/mol. The predicted octanol–water partition coefficient (Wildman–Crippen LogP) is 1.64. The van der Waals surface area contributed by atoms with Gasteiger partial charge in [0, 0.05) is 50.9 Å². The first kappa shape index (κ1) is 18.3. The van der Waals surface area contributed by atoms with Gasteiger partial charge in [-0.3, -0.25) is 9.69 Å². The van der Waals surface area contributed by atoms with Crippen LogP contribution in [0.15, 0.2) is 22.9 Å². The van der Waals surface area contributed by atoms with Gasteiger partial charge in [0.2, 0.25) is 17.6 Å². The smallest absolute Gasteiger partial charge is 0.241 e. The molecule has 1 aliphatic heterocycles. The first-order valence-electron chi connectivity index (χ1n) is 8.93. The van der Waals surface area contributed by atoms with E-state index in [4.69, 9.17) is 4.52 Å². The number of amides is 1. The topological polar surface area (TPSA) is 78.6 Å². The van der Waals surface area contributed by atoms with Gasteiger partial charge >= 0.3 is 0 Å². The van der Waals surface area contributed by atoms with E-state index in [0.717, 1.165) is 37.6 Å². The molecule has 0 saturated carbocycles. The molecule has 26 heavy (non-hydrogen) atoms. The van der Waals surface area contributed by atoms with Gasteiger partial charge in [-0.05, 0) is 33.0 Å². The van der Waals surface area contributed by atoms with Crippen LogP contribution in [0, 0.1) is 0 Å². The molecule has 3 heterocycles. The van der Waals surface area contributed by atoms with E-state index in [1.807, 2.05) is 24.1 Å². The highest BCUT2D eigenvalue weighted by atomic mass is 16.5. The van der Waals surface area contributed by atoms with E-state index in [-0.39, 0.29) is 5.91 Å². The Bertz CT molecular complexity index is 752. The van der Waals surface area contributed by atoms with Crippen LogP contribution in [-0.4, -0.2) is 70.1 Å². The molecule has 0 N–H and O–H groups in total. The summed E-state index contributed by atoms with van der Waals surface area (Å²) < 4.78 is 5.38. The number of pyridine rings is 1. The van der Waals surface area contributed by atoms with Gasteiger partial charge < -0.3 is 14.3 Å². The lowest BCUT2D eigenvalue weighted by Crippen LogP contribution is -2.48. The maximum atomic E-state index is 11.5. The molecule has 1 aliphatic rings. The molecule has 0 aliphatic carbocycles. The molecule has 0 aromatic carbocycles. The summed E-state index contributed by atoms with van der Waals surface area (Å²) in [5.74, 6) is 2.17. The fourth-order valence-corrected chi connectivity index (χ4v) is 2.81. The number of nitrogens with zero attached hydrogens (tertiary/aromatic N) is 6. The van der Waals surface area contributed by atoms with E-state index < -0.39 is 0 Å². The molecule has 0 bridgehead atoms. The number of carbonyl (C=O) groups is 1. The first-order chi connectivity index (χ1) is 12.4. The summed E-state index contributed by atoms with van der Waals surface area (Å²) in [6.07, 6.45) is 1.76. The molecular formula is C18H26N6O2. The summed E-state index contributed by atoms with van der Waals surface area (Å²) in [6.45, 7) is 9.45. The fraction of sp³-hybridized carbons (Fsp3) is 0.556. The molecule has 2 aromatic heterocycles. The highest BCUT2D eigenvalue weighted by Crippen LogP contribution is 2.22. The van der Waals surface area contributed by atoms with Crippen molar-refractivity contribution in [1.82, 2.24) is 24.9 Å². The number of hydrogen-bond donors (Lipinski definition) is 0. The van der Waals surface area contributed by atoms with Gasteiger partial charge in [0.1, 0.15) is 5.82 Å². The quantitative estimate of drug-likeness (QED) is 0.804. The van der Waals surface area contributed by atoms with Crippen LogP contribution >= 0.6 is 0 Å². The second kappa shape index (κ2) is 7.82. The third-order valence-electron chi connectivity index (χ3n) is 4.79. The van der Waals surface area contributed by atoms with Crippen LogP contribution in [0.4, 0.5) is 5.82 Å². The van der Waals surface area contributed by atoms with E-state index in [2.05, 4.69) is 38.8 Å². The monoisotopic (exact) mass is 358 g/mol. The van der Waals surface area contributed by atoms with Gasteiger partial charge in [0.15, 0.2) is 0 Å². The highest BCUT2D eigenvalue weighted by molar-refractivity contribution is 5.73. The minimum Gasteiger partial charge on any atom is -0.353 e. The molecule has 0 spiro atoms. The average Bonchev–Trinajstić information content (AvgIpc) is 3.10. The molecule has 1 saturated heterocycles. The molecule has 8 heteroatoms. The minimum atomic E-state index is 0.122. The molecule has 0 radical (unpaired) electrons. The number of rotatable bonds is 5. The van der Waals surface area contributed by atoms with Crippen LogP contribution in [0.1, 0.15) is 26.7 Å². The second-order valence-electron chi connectivity index (χ2n) is 6.92. The molecule has 1 amide bonds. The number of anilines is 1. The van der Waals surface area contributed by atoms with E-state index in [1.54, 1.807) is 13.1 Å². The normalized spacial score (nSPS) is 15.2. The van der Waals surface area contributed by atoms with Gasteiger partial charge in [-0.2, -0.15) is 4.98 Å².